The molecule has 9 heteroatoms. The van der Waals surface area contributed by atoms with Crippen molar-refractivity contribution in [2.75, 3.05) is 29.0 Å². The van der Waals surface area contributed by atoms with Gasteiger partial charge in [0, 0.05) is 36.9 Å². The highest BCUT2D eigenvalue weighted by Crippen LogP contribution is 2.24. The summed E-state index contributed by atoms with van der Waals surface area (Å²) in [7, 11) is 0. The first-order valence-corrected chi connectivity index (χ1v) is 10.6. The predicted molar refractivity (Wildman–Crippen MR) is 121 cm³/mol. The lowest BCUT2D eigenvalue weighted by Crippen LogP contribution is -2.32. The van der Waals surface area contributed by atoms with Crippen molar-refractivity contribution in [3.63, 3.8) is 0 Å². The minimum Gasteiger partial charge on any atom is -0.363 e. The van der Waals surface area contributed by atoms with Gasteiger partial charge in [-0.3, -0.25) is 4.98 Å². The molecule has 3 N–H and O–H groups in total. The van der Waals surface area contributed by atoms with Gasteiger partial charge in [0.2, 0.25) is 5.95 Å². The SMILES string of the molecule is O=C(Nc1cccc(Nc2ncc(Br)c(NCc3ccccn3)n2)c1)N1CCCC1. The van der Waals surface area contributed by atoms with Crippen LogP contribution in [0.3, 0.4) is 0 Å². The largest absolute Gasteiger partial charge is 0.363 e. The van der Waals surface area contributed by atoms with E-state index < -0.39 is 0 Å². The maximum atomic E-state index is 12.3. The van der Waals surface area contributed by atoms with Gasteiger partial charge in [-0.05, 0) is 59.1 Å². The maximum absolute atomic E-state index is 12.3. The summed E-state index contributed by atoms with van der Waals surface area (Å²) in [5, 5.41) is 9.40. The van der Waals surface area contributed by atoms with Crippen molar-refractivity contribution < 1.29 is 4.79 Å². The van der Waals surface area contributed by atoms with Gasteiger partial charge in [0.05, 0.1) is 16.7 Å². The summed E-state index contributed by atoms with van der Waals surface area (Å²) < 4.78 is 0.760. The smallest absolute Gasteiger partial charge is 0.321 e. The molecule has 0 spiro atoms. The molecule has 0 saturated carbocycles. The van der Waals surface area contributed by atoms with Crippen molar-refractivity contribution in [2.24, 2.45) is 0 Å². The van der Waals surface area contributed by atoms with Crippen molar-refractivity contribution in [1.29, 1.82) is 0 Å². The predicted octanol–water partition coefficient (Wildman–Crippen LogP) is 4.62. The number of benzene rings is 1. The average Bonchev–Trinajstić information content (AvgIpc) is 3.30. The summed E-state index contributed by atoms with van der Waals surface area (Å²) in [6.07, 6.45) is 5.57. The Morgan fingerprint density at radius 3 is 2.70 bits per heavy atom. The first kappa shape index (κ1) is 20.1. The molecule has 0 unspecified atom stereocenters. The number of carbonyl (C=O) groups is 1. The molecule has 3 aromatic rings. The van der Waals surface area contributed by atoms with Crippen molar-refractivity contribution in [2.45, 2.75) is 19.4 Å². The van der Waals surface area contributed by atoms with Crippen LogP contribution in [0.25, 0.3) is 0 Å². The molecule has 0 radical (unpaired) electrons. The number of hydrogen-bond acceptors (Lipinski definition) is 6. The minimum atomic E-state index is -0.0643. The molecule has 2 amide bonds. The second-order valence-electron chi connectivity index (χ2n) is 6.89. The Bertz CT molecular complexity index is 1010. The zero-order chi connectivity index (χ0) is 20.8. The number of nitrogens with one attached hydrogen (secondary N) is 3. The van der Waals surface area contributed by atoms with E-state index >= 15 is 0 Å². The lowest BCUT2D eigenvalue weighted by atomic mass is 10.3. The Morgan fingerprint density at radius 1 is 1.07 bits per heavy atom. The maximum Gasteiger partial charge on any atom is 0.321 e. The Labute approximate surface area is 183 Å². The summed E-state index contributed by atoms with van der Waals surface area (Å²) in [6, 6.07) is 13.2. The van der Waals surface area contributed by atoms with Gasteiger partial charge in [-0.1, -0.05) is 12.1 Å². The molecule has 0 atom stereocenters. The second-order valence-corrected chi connectivity index (χ2v) is 7.75. The van der Waals surface area contributed by atoms with Crippen LogP contribution in [0.15, 0.2) is 59.3 Å². The van der Waals surface area contributed by atoms with Gasteiger partial charge in [-0.2, -0.15) is 4.98 Å². The van der Waals surface area contributed by atoms with E-state index in [0.717, 1.165) is 47.5 Å². The van der Waals surface area contributed by atoms with Gasteiger partial charge in [0.1, 0.15) is 5.82 Å². The number of anilines is 4. The number of rotatable bonds is 6. The van der Waals surface area contributed by atoms with Crippen molar-refractivity contribution >= 4 is 45.1 Å². The number of carbonyl (C=O) groups excluding carboxylic acids is 1. The number of aromatic nitrogens is 3. The Morgan fingerprint density at radius 2 is 1.90 bits per heavy atom. The van der Waals surface area contributed by atoms with Crippen LogP contribution in [0.4, 0.5) is 27.9 Å². The molecular formula is C21H22BrN7O. The molecule has 4 rings (SSSR count). The number of pyridine rings is 1. The summed E-state index contributed by atoms with van der Waals surface area (Å²) in [5.74, 6) is 1.11. The minimum absolute atomic E-state index is 0.0643. The molecule has 30 heavy (non-hydrogen) atoms. The van der Waals surface area contributed by atoms with Crippen LogP contribution in [0.1, 0.15) is 18.5 Å². The van der Waals surface area contributed by atoms with Gasteiger partial charge in [0.25, 0.3) is 0 Å². The Balaban J connectivity index is 1.41. The van der Waals surface area contributed by atoms with E-state index in [1.54, 1.807) is 12.4 Å². The van der Waals surface area contributed by atoms with Gasteiger partial charge in [0.15, 0.2) is 0 Å². The molecule has 1 aliphatic rings. The number of urea groups is 1. The zero-order valence-electron chi connectivity index (χ0n) is 16.3. The quantitative estimate of drug-likeness (QED) is 0.489. The van der Waals surface area contributed by atoms with E-state index in [2.05, 4.69) is 46.8 Å². The third-order valence-corrected chi connectivity index (χ3v) is 5.25. The fraction of sp³-hybridized carbons (Fsp3) is 0.238. The van der Waals surface area contributed by atoms with Gasteiger partial charge >= 0.3 is 6.03 Å². The molecular weight excluding hydrogens is 446 g/mol. The van der Waals surface area contributed by atoms with E-state index in [9.17, 15) is 4.79 Å². The van der Waals surface area contributed by atoms with Crippen LogP contribution in [-0.2, 0) is 6.54 Å². The second kappa shape index (κ2) is 9.53. The third kappa shape index (κ3) is 5.24. The molecule has 3 heterocycles. The van der Waals surface area contributed by atoms with Crippen molar-refractivity contribution in [1.82, 2.24) is 19.9 Å². The normalized spacial score (nSPS) is 13.2. The highest BCUT2D eigenvalue weighted by molar-refractivity contribution is 9.10. The molecule has 1 aliphatic heterocycles. The summed E-state index contributed by atoms with van der Waals surface area (Å²) >= 11 is 3.47. The molecule has 0 aliphatic carbocycles. The number of likely N-dealkylation sites (tertiary alicyclic amines) is 1. The van der Waals surface area contributed by atoms with E-state index in [4.69, 9.17) is 0 Å². The van der Waals surface area contributed by atoms with Crippen LogP contribution >= 0.6 is 15.9 Å². The number of hydrogen-bond donors (Lipinski definition) is 3. The monoisotopic (exact) mass is 467 g/mol. The number of halogens is 1. The lowest BCUT2D eigenvalue weighted by molar-refractivity contribution is 0.222. The summed E-state index contributed by atoms with van der Waals surface area (Å²) in [4.78, 5) is 27.3. The number of amides is 2. The average molecular weight is 468 g/mol. The standard InChI is InChI=1S/C21H22BrN7O/c22-18-14-25-20(28-19(18)24-13-17-6-1-2-9-23-17)26-15-7-5-8-16(12-15)27-21(30)29-10-3-4-11-29/h1-2,5-9,12,14H,3-4,10-11,13H2,(H,27,30)(H2,24,25,26,28). The Kier molecular flexibility index (Phi) is 6.38. The van der Waals surface area contributed by atoms with Gasteiger partial charge < -0.3 is 20.9 Å². The van der Waals surface area contributed by atoms with E-state index in [0.29, 0.717) is 18.3 Å². The van der Waals surface area contributed by atoms with Crippen LogP contribution < -0.4 is 16.0 Å². The van der Waals surface area contributed by atoms with Crippen LogP contribution in [0.5, 0.6) is 0 Å². The molecule has 2 aromatic heterocycles. The molecule has 0 bridgehead atoms. The van der Waals surface area contributed by atoms with E-state index in [1.165, 1.54) is 0 Å². The van der Waals surface area contributed by atoms with Crippen LogP contribution in [0, 0.1) is 0 Å². The van der Waals surface area contributed by atoms with Crippen LogP contribution in [-0.4, -0.2) is 39.0 Å². The highest BCUT2D eigenvalue weighted by atomic mass is 79.9. The van der Waals surface area contributed by atoms with Gasteiger partial charge in [-0.15, -0.1) is 0 Å². The first-order valence-electron chi connectivity index (χ1n) is 9.77. The fourth-order valence-corrected chi connectivity index (χ4v) is 3.49. The van der Waals surface area contributed by atoms with Crippen LogP contribution in [0.2, 0.25) is 0 Å². The number of nitrogens with zero attached hydrogens (tertiary/aromatic N) is 4. The molecule has 1 aromatic carbocycles. The summed E-state index contributed by atoms with van der Waals surface area (Å²) in [5.41, 5.74) is 2.42. The third-order valence-electron chi connectivity index (χ3n) is 4.67. The molecule has 1 fully saturated rings. The van der Waals surface area contributed by atoms with Crippen molar-refractivity contribution in [3.8, 4) is 0 Å². The zero-order valence-corrected chi connectivity index (χ0v) is 17.9. The fourth-order valence-electron chi connectivity index (χ4n) is 3.15. The molecule has 8 nitrogen and oxygen atoms in total. The molecule has 154 valence electrons. The van der Waals surface area contributed by atoms with E-state index in [-0.39, 0.29) is 6.03 Å². The lowest BCUT2D eigenvalue weighted by Gasteiger charge is -2.16. The Hall–Kier alpha value is -3.20. The topological polar surface area (TPSA) is 95.1 Å². The summed E-state index contributed by atoms with van der Waals surface area (Å²) in [6.45, 7) is 2.17. The van der Waals surface area contributed by atoms with E-state index in [1.807, 2.05) is 47.4 Å². The van der Waals surface area contributed by atoms with Gasteiger partial charge in [-0.25, -0.2) is 9.78 Å². The van der Waals surface area contributed by atoms with Crippen molar-refractivity contribution in [3.05, 3.63) is 65.0 Å². The molecule has 1 saturated heterocycles. The first-order chi connectivity index (χ1) is 14.7. The highest BCUT2D eigenvalue weighted by Gasteiger charge is 2.17.